The fourth-order valence-electron chi connectivity index (χ4n) is 2.32. The Kier molecular flexibility index (Phi) is 4.12. The molecule has 0 N–H and O–H groups in total. The number of hydrogen-bond donors (Lipinski definition) is 0. The summed E-state index contributed by atoms with van der Waals surface area (Å²) in [6, 6.07) is 8.83. The third-order valence-electron chi connectivity index (χ3n) is 3.29. The molecule has 0 bridgehead atoms. The molecule has 0 spiro atoms. The van der Waals surface area contributed by atoms with Crippen molar-refractivity contribution in [1.29, 1.82) is 0 Å². The van der Waals surface area contributed by atoms with Gasteiger partial charge in [-0.2, -0.15) is 0 Å². The van der Waals surface area contributed by atoms with E-state index in [4.69, 9.17) is 11.6 Å². The monoisotopic (exact) mass is 322 g/mol. The molecule has 2 heterocycles. The molecule has 1 aromatic heterocycles. The zero-order valence-electron chi connectivity index (χ0n) is 11.0. The van der Waals surface area contributed by atoms with E-state index in [-0.39, 0.29) is 16.8 Å². The van der Waals surface area contributed by atoms with E-state index >= 15 is 0 Å². The third-order valence-corrected chi connectivity index (χ3v) is 4.78. The lowest BCUT2D eigenvalue weighted by molar-refractivity contribution is 0.0755. The molecule has 0 saturated carbocycles. The lowest BCUT2D eigenvalue weighted by atomic mass is 10.1. The molecule has 1 unspecified atom stereocenters. The van der Waals surface area contributed by atoms with Crippen LogP contribution in [0.3, 0.4) is 0 Å². The van der Waals surface area contributed by atoms with Gasteiger partial charge in [0.05, 0.1) is 11.8 Å². The van der Waals surface area contributed by atoms with Gasteiger partial charge in [-0.3, -0.25) is 9.78 Å². The van der Waals surface area contributed by atoms with Crippen LogP contribution in [0.25, 0.3) is 0 Å². The number of aromatic nitrogens is 1. The Morgan fingerprint density at radius 3 is 3.05 bits per heavy atom. The summed E-state index contributed by atoms with van der Waals surface area (Å²) in [5.74, 6) is -0.0931. The van der Waals surface area contributed by atoms with Crippen molar-refractivity contribution in [2.24, 2.45) is 0 Å². The predicted molar refractivity (Wildman–Crippen MR) is 81.9 cm³/mol. The molecule has 6 heteroatoms. The van der Waals surface area contributed by atoms with Gasteiger partial charge >= 0.3 is 0 Å². The number of halogens is 2. The fraction of sp³-hybridized carbons (Fsp3) is 0.200. The van der Waals surface area contributed by atoms with Crippen LogP contribution in [0.5, 0.6) is 0 Å². The maximum Gasteiger partial charge on any atom is 0.258 e. The van der Waals surface area contributed by atoms with Gasteiger partial charge in [-0.05, 0) is 23.8 Å². The van der Waals surface area contributed by atoms with Crippen molar-refractivity contribution in [2.75, 3.05) is 12.3 Å². The molecule has 1 amide bonds. The quantitative estimate of drug-likeness (QED) is 0.844. The van der Waals surface area contributed by atoms with Crippen molar-refractivity contribution >= 4 is 29.3 Å². The first-order valence-corrected chi connectivity index (χ1v) is 7.87. The van der Waals surface area contributed by atoms with E-state index in [1.807, 2.05) is 18.2 Å². The second-order valence-electron chi connectivity index (χ2n) is 4.63. The largest absolute Gasteiger partial charge is 0.322 e. The standard InChI is InChI=1S/C15H12ClFN2OS/c16-11-3-1-2-10(8-11)15-19(6-7-21-15)14(20)12-4-5-18-9-13(12)17/h1-5,8-9,15H,6-7H2. The van der Waals surface area contributed by atoms with Crippen LogP contribution in [0, 0.1) is 5.82 Å². The highest BCUT2D eigenvalue weighted by Gasteiger charge is 2.32. The summed E-state index contributed by atoms with van der Waals surface area (Å²) in [7, 11) is 0. The molecule has 1 aliphatic heterocycles. The molecule has 1 aliphatic rings. The Morgan fingerprint density at radius 2 is 2.29 bits per heavy atom. The van der Waals surface area contributed by atoms with Crippen LogP contribution in [0.1, 0.15) is 21.3 Å². The zero-order chi connectivity index (χ0) is 14.8. The first-order chi connectivity index (χ1) is 10.2. The summed E-state index contributed by atoms with van der Waals surface area (Å²) >= 11 is 7.66. The first-order valence-electron chi connectivity index (χ1n) is 6.44. The third kappa shape index (κ3) is 2.89. The van der Waals surface area contributed by atoms with Crippen LogP contribution < -0.4 is 0 Å². The minimum atomic E-state index is -0.593. The molecule has 0 radical (unpaired) electrons. The summed E-state index contributed by atoms with van der Waals surface area (Å²) in [4.78, 5) is 17.9. The Bertz CT molecular complexity index is 682. The number of hydrogen-bond acceptors (Lipinski definition) is 3. The molecular formula is C15H12ClFN2OS. The highest BCUT2D eigenvalue weighted by atomic mass is 35.5. The molecule has 1 saturated heterocycles. The molecule has 3 rings (SSSR count). The van der Waals surface area contributed by atoms with Crippen LogP contribution in [0.4, 0.5) is 4.39 Å². The minimum absolute atomic E-state index is 0.0551. The van der Waals surface area contributed by atoms with Crippen molar-refractivity contribution < 1.29 is 9.18 Å². The molecule has 1 aromatic carbocycles. The van der Waals surface area contributed by atoms with E-state index in [9.17, 15) is 9.18 Å². The second kappa shape index (κ2) is 6.03. The molecule has 1 fully saturated rings. The number of carbonyl (C=O) groups excluding carboxylic acids is 1. The Labute approximate surface area is 131 Å². The van der Waals surface area contributed by atoms with E-state index in [1.54, 1.807) is 22.7 Å². The van der Waals surface area contributed by atoms with Gasteiger partial charge in [0.25, 0.3) is 5.91 Å². The number of benzene rings is 1. The number of amides is 1. The molecular weight excluding hydrogens is 311 g/mol. The van der Waals surface area contributed by atoms with E-state index < -0.39 is 5.82 Å². The topological polar surface area (TPSA) is 33.2 Å². The highest BCUT2D eigenvalue weighted by molar-refractivity contribution is 7.99. The maximum absolute atomic E-state index is 13.7. The van der Waals surface area contributed by atoms with Crippen molar-refractivity contribution in [2.45, 2.75) is 5.37 Å². The van der Waals surface area contributed by atoms with Crippen LogP contribution in [-0.4, -0.2) is 28.1 Å². The summed E-state index contributed by atoms with van der Waals surface area (Å²) in [6.07, 6.45) is 2.48. The van der Waals surface area contributed by atoms with Crippen LogP contribution in [0.2, 0.25) is 5.02 Å². The summed E-state index contributed by atoms with van der Waals surface area (Å²) in [5, 5.41) is 0.492. The Balaban J connectivity index is 1.91. The van der Waals surface area contributed by atoms with Crippen molar-refractivity contribution in [1.82, 2.24) is 9.88 Å². The van der Waals surface area contributed by atoms with Crippen LogP contribution in [0.15, 0.2) is 42.7 Å². The molecule has 21 heavy (non-hydrogen) atoms. The summed E-state index contributed by atoms with van der Waals surface area (Å²) in [6.45, 7) is 0.586. The van der Waals surface area contributed by atoms with E-state index in [0.717, 1.165) is 17.5 Å². The highest BCUT2D eigenvalue weighted by Crippen LogP contribution is 2.39. The van der Waals surface area contributed by atoms with E-state index in [2.05, 4.69) is 4.98 Å². The molecule has 2 aromatic rings. The van der Waals surface area contributed by atoms with Gasteiger partial charge in [-0.15, -0.1) is 11.8 Å². The second-order valence-corrected chi connectivity index (χ2v) is 6.26. The number of pyridine rings is 1. The Hall–Kier alpha value is -1.59. The average Bonchev–Trinajstić information content (AvgIpc) is 2.96. The number of nitrogens with zero attached hydrogens (tertiary/aromatic N) is 2. The summed E-state index contributed by atoms with van der Waals surface area (Å²) in [5.41, 5.74) is 1.01. The van der Waals surface area contributed by atoms with Gasteiger partial charge in [0.15, 0.2) is 5.82 Å². The van der Waals surface area contributed by atoms with E-state index in [0.29, 0.717) is 11.6 Å². The van der Waals surface area contributed by atoms with Gasteiger partial charge < -0.3 is 4.90 Å². The maximum atomic E-state index is 13.7. The SMILES string of the molecule is O=C(c1ccncc1F)N1CCSC1c1cccc(Cl)c1. The predicted octanol–water partition coefficient (Wildman–Crippen LogP) is 3.76. The van der Waals surface area contributed by atoms with Crippen molar-refractivity contribution in [3.05, 3.63) is 64.7 Å². The minimum Gasteiger partial charge on any atom is -0.322 e. The zero-order valence-corrected chi connectivity index (χ0v) is 12.6. The Morgan fingerprint density at radius 1 is 1.43 bits per heavy atom. The molecule has 1 atom stereocenters. The number of thioether (sulfide) groups is 1. The normalized spacial score (nSPS) is 18.0. The fourth-order valence-corrected chi connectivity index (χ4v) is 3.76. The molecule has 3 nitrogen and oxygen atoms in total. The van der Waals surface area contributed by atoms with Gasteiger partial charge in [0.2, 0.25) is 0 Å². The number of carbonyl (C=O) groups is 1. The van der Waals surface area contributed by atoms with Gasteiger partial charge in [0, 0.05) is 23.5 Å². The van der Waals surface area contributed by atoms with Crippen molar-refractivity contribution in [3.8, 4) is 0 Å². The van der Waals surface area contributed by atoms with Gasteiger partial charge in [-0.25, -0.2) is 4.39 Å². The lowest BCUT2D eigenvalue weighted by Crippen LogP contribution is -2.31. The molecule has 0 aliphatic carbocycles. The van der Waals surface area contributed by atoms with Crippen LogP contribution in [-0.2, 0) is 0 Å². The van der Waals surface area contributed by atoms with Gasteiger partial charge in [0.1, 0.15) is 5.37 Å². The average molecular weight is 323 g/mol. The first kappa shape index (κ1) is 14.4. The van der Waals surface area contributed by atoms with Crippen LogP contribution >= 0.6 is 23.4 Å². The summed E-state index contributed by atoms with van der Waals surface area (Å²) < 4.78 is 13.7. The smallest absolute Gasteiger partial charge is 0.258 e. The van der Waals surface area contributed by atoms with Gasteiger partial charge in [-0.1, -0.05) is 23.7 Å². The number of rotatable bonds is 2. The van der Waals surface area contributed by atoms with E-state index in [1.165, 1.54) is 12.3 Å². The molecule has 108 valence electrons. The van der Waals surface area contributed by atoms with Crippen molar-refractivity contribution in [3.63, 3.8) is 0 Å². The lowest BCUT2D eigenvalue weighted by Gasteiger charge is -2.24.